The highest BCUT2D eigenvalue weighted by molar-refractivity contribution is 5.79. The molecule has 6 nitrogen and oxygen atoms in total. The SMILES string of the molecule is CCOC(=O)COCc1ccc(OCCOc2cc(F)c([C@@H]3C4=C(C[C@@H](C)N3CC(C)(C)F)c3ccccc3C4)c(F)c2)cc1. The number of hydrogen-bond donors (Lipinski definition) is 0. The van der Waals surface area contributed by atoms with Crippen LogP contribution in [0, 0.1) is 11.6 Å². The Hall–Kier alpha value is -3.82. The Labute approximate surface area is 262 Å². The Morgan fingerprint density at radius 3 is 2.31 bits per heavy atom. The van der Waals surface area contributed by atoms with Crippen molar-refractivity contribution in [1.29, 1.82) is 0 Å². The Morgan fingerprint density at radius 1 is 0.978 bits per heavy atom. The van der Waals surface area contributed by atoms with Crippen LogP contribution in [0.1, 0.15) is 62.4 Å². The molecule has 0 N–H and O–H groups in total. The average molecular weight is 624 g/mol. The third kappa shape index (κ3) is 7.89. The predicted octanol–water partition coefficient (Wildman–Crippen LogP) is 7.40. The normalized spacial score (nSPS) is 18.0. The van der Waals surface area contributed by atoms with Gasteiger partial charge in [-0.2, -0.15) is 0 Å². The fourth-order valence-corrected chi connectivity index (χ4v) is 6.21. The summed E-state index contributed by atoms with van der Waals surface area (Å²) in [5, 5.41) is 0. The van der Waals surface area contributed by atoms with Crippen LogP contribution in [0.2, 0.25) is 0 Å². The van der Waals surface area contributed by atoms with Crippen LogP contribution in [0.25, 0.3) is 5.57 Å². The van der Waals surface area contributed by atoms with Crippen molar-refractivity contribution in [3.8, 4) is 11.5 Å². The Kier molecular flexibility index (Phi) is 10.2. The topological polar surface area (TPSA) is 57.2 Å². The number of halogens is 3. The van der Waals surface area contributed by atoms with E-state index in [-0.39, 0.29) is 50.3 Å². The first-order valence-electron chi connectivity index (χ1n) is 15.4. The van der Waals surface area contributed by atoms with Crippen LogP contribution in [0.4, 0.5) is 13.2 Å². The van der Waals surface area contributed by atoms with Crippen LogP contribution in [0.5, 0.6) is 11.5 Å². The van der Waals surface area contributed by atoms with E-state index in [0.29, 0.717) is 25.2 Å². The lowest BCUT2D eigenvalue weighted by molar-refractivity contribution is -0.148. The molecule has 9 heteroatoms. The molecule has 0 saturated heterocycles. The molecule has 0 saturated carbocycles. The van der Waals surface area contributed by atoms with E-state index in [9.17, 15) is 4.79 Å². The largest absolute Gasteiger partial charge is 0.490 e. The van der Waals surface area contributed by atoms with E-state index in [1.54, 1.807) is 19.1 Å². The van der Waals surface area contributed by atoms with Gasteiger partial charge in [-0.15, -0.1) is 0 Å². The lowest BCUT2D eigenvalue weighted by Crippen LogP contribution is -2.47. The van der Waals surface area contributed by atoms with E-state index in [0.717, 1.165) is 27.8 Å². The Morgan fingerprint density at radius 2 is 1.64 bits per heavy atom. The van der Waals surface area contributed by atoms with E-state index in [1.165, 1.54) is 26.0 Å². The van der Waals surface area contributed by atoms with Crippen molar-refractivity contribution in [1.82, 2.24) is 4.90 Å². The molecule has 0 bridgehead atoms. The molecular weight excluding hydrogens is 583 g/mol. The highest BCUT2D eigenvalue weighted by Crippen LogP contribution is 2.50. The summed E-state index contributed by atoms with van der Waals surface area (Å²) in [5.41, 5.74) is 3.49. The van der Waals surface area contributed by atoms with Gasteiger partial charge in [-0.3, -0.25) is 4.90 Å². The molecule has 240 valence electrons. The molecule has 0 unspecified atom stereocenters. The number of benzene rings is 3. The number of nitrogens with zero attached hydrogens (tertiary/aromatic N) is 1. The number of hydrogen-bond acceptors (Lipinski definition) is 6. The maximum Gasteiger partial charge on any atom is 0.332 e. The molecule has 0 radical (unpaired) electrons. The van der Waals surface area contributed by atoms with Gasteiger partial charge in [0.2, 0.25) is 0 Å². The van der Waals surface area contributed by atoms with Crippen LogP contribution in [0.15, 0.2) is 66.2 Å². The van der Waals surface area contributed by atoms with Crippen molar-refractivity contribution < 1.29 is 36.9 Å². The standard InChI is InChI=1S/C36H40F3NO5/c1-5-43-33(41)21-42-20-24-10-12-26(13-11-24)44-14-15-45-27-18-31(37)34(32(38)19-27)35-30-17-25-8-6-7-9-28(25)29(30)16-23(2)40(35)22-36(3,4)39/h6-13,18-19,23,35H,5,14-17,20-22H2,1-4H3/t23-,35+/m1/s1. The number of fused-ring (bicyclic) bond motifs is 2. The highest BCUT2D eigenvalue weighted by Gasteiger charge is 2.43. The summed E-state index contributed by atoms with van der Waals surface area (Å²) in [6.45, 7) is 7.41. The smallest absolute Gasteiger partial charge is 0.332 e. The predicted molar refractivity (Wildman–Crippen MR) is 166 cm³/mol. The molecule has 5 rings (SSSR count). The van der Waals surface area contributed by atoms with E-state index in [1.807, 2.05) is 42.2 Å². The van der Waals surface area contributed by atoms with Gasteiger partial charge >= 0.3 is 5.97 Å². The zero-order valence-corrected chi connectivity index (χ0v) is 26.2. The second-order valence-electron chi connectivity index (χ2n) is 12.1. The molecule has 0 aromatic heterocycles. The molecule has 1 aliphatic heterocycles. The van der Waals surface area contributed by atoms with Crippen molar-refractivity contribution in [3.63, 3.8) is 0 Å². The van der Waals surface area contributed by atoms with E-state index < -0.39 is 29.3 Å². The van der Waals surface area contributed by atoms with Gasteiger partial charge in [0.05, 0.1) is 19.3 Å². The minimum absolute atomic E-state index is 0.0437. The van der Waals surface area contributed by atoms with Crippen molar-refractivity contribution in [2.24, 2.45) is 0 Å². The number of carbonyl (C=O) groups excluding carboxylic acids is 1. The summed E-state index contributed by atoms with van der Waals surface area (Å²) < 4.78 is 68.3. The molecule has 0 amide bonds. The number of esters is 1. The minimum atomic E-state index is -1.55. The molecule has 0 fully saturated rings. The maximum atomic E-state index is 15.9. The molecular formula is C36H40F3NO5. The van der Waals surface area contributed by atoms with Crippen LogP contribution in [-0.4, -0.2) is 55.6 Å². The summed E-state index contributed by atoms with van der Waals surface area (Å²) in [5.74, 6) is -1.23. The maximum absolute atomic E-state index is 15.9. The van der Waals surface area contributed by atoms with Gasteiger partial charge in [0.1, 0.15) is 48.6 Å². The van der Waals surface area contributed by atoms with E-state index in [4.69, 9.17) is 18.9 Å². The lowest BCUT2D eigenvalue weighted by atomic mass is 9.84. The van der Waals surface area contributed by atoms with Crippen molar-refractivity contribution in [2.45, 2.75) is 64.9 Å². The third-order valence-corrected chi connectivity index (χ3v) is 8.06. The molecule has 1 heterocycles. The second-order valence-corrected chi connectivity index (χ2v) is 12.1. The Balaban J connectivity index is 1.24. The first kappa shape index (κ1) is 32.6. The Bertz CT molecular complexity index is 1510. The van der Waals surface area contributed by atoms with Crippen LogP contribution in [0.3, 0.4) is 0 Å². The first-order valence-corrected chi connectivity index (χ1v) is 15.4. The van der Waals surface area contributed by atoms with Gasteiger partial charge in [-0.05, 0) is 80.5 Å². The number of alkyl halides is 1. The molecule has 3 aromatic carbocycles. The van der Waals surface area contributed by atoms with Crippen LogP contribution in [-0.2, 0) is 27.3 Å². The van der Waals surface area contributed by atoms with Gasteiger partial charge in [0.25, 0.3) is 0 Å². The third-order valence-electron chi connectivity index (χ3n) is 8.06. The van der Waals surface area contributed by atoms with Crippen molar-refractivity contribution in [2.75, 3.05) is 33.0 Å². The second kappa shape index (κ2) is 14.1. The zero-order valence-electron chi connectivity index (χ0n) is 26.2. The number of rotatable bonds is 13. The lowest BCUT2D eigenvalue weighted by Gasteiger charge is -2.44. The van der Waals surface area contributed by atoms with Crippen molar-refractivity contribution >= 4 is 11.5 Å². The molecule has 3 aromatic rings. The number of ether oxygens (including phenoxy) is 4. The monoisotopic (exact) mass is 623 g/mol. The van der Waals surface area contributed by atoms with Gasteiger partial charge in [0.15, 0.2) is 0 Å². The zero-order chi connectivity index (χ0) is 32.1. The summed E-state index contributed by atoms with van der Waals surface area (Å²) in [6, 6.07) is 16.7. The molecule has 2 aliphatic rings. The van der Waals surface area contributed by atoms with Gasteiger partial charge in [-0.25, -0.2) is 18.0 Å². The summed E-state index contributed by atoms with van der Waals surface area (Å²) in [7, 11) is 0. The molecule has 1 aliphatic carbocycles. The van der Waals surface area contributed by atoms with E-state index in [2.05, 4.69) is 6.07 Å². The van der Waals surface area contributed by atoms with Gasteiger partial charge in [-0.1, -0.05) is 36.4 Å². The molecule has 0 spiro atoms. The summed E-state index contributed by atoms with van der Waals surface area (Å²) in [6.07, 6.45) is 1.26. The molecule has 45 heavy (non-hydrogen) atoms. The van der Waals surface area contributed by atoms with Gasteiger partial charge in [0, 0.05) is 30.3 Å². The van der Waals surface area contributed by atoms with Gasteiger partial charge < -0.3 is 18.9 Å². The number of carbonyl (C=O) groups is 1. The van der Waals surface area contributed by atoms with E-state index >= 15 is 13.2 Å². The summed E-state index contributed by atoms with van der Waals surface area (Å²) in [4.78, 5) is 13.3. The summed E-state index contributed by atoms with van der Waals surface area (Å²) >= 11 is 0. The fraction of sp³-hybridized carbons (Fsp3) is 0.417. The molecule has 2 atom stereocenters. The minimum Gasteiger partial charge on any atom is -0.490 e. The van der Waals surface area contributed by atoms with Crippen LogP contribution < -0.4 is 9.47 Å². The fourth-order valence-electron chi connectivity index (χ4n) is 6.21. The highest BCUT2D eigenvalue weighted by atomic mass is 19.1. The van der Waals surface area contributed by atoms with Crippen LogP contribution >= 0.6 is 0 Å². The average Bonchev–Trinajstić information content (AvgIpc) is 3.35. The van der Waals surface area contributed by atoms with Crippen molar-refractivity contribution in [3.05, 3.63) is 100 Å². The quantitative estimate of drug-likeness (QED) is 0.146. The first-order chi connectivity index (χ1) is 21.5.